The van der Waals surface area contributed by atoms with Crippen molar-refractivity contribution in [1.29, 1.82) is 0 Å². The standard InChI is InChI=1S/C7H11F2N.ClH/c8-7(9)3-5-1-2-6(4-7)10-5;/h5-6,10H,1-4H2;1H/t5-,6-;/m0./s1. The van der Waals surface area contributed by atoms with Crippen LogP contribution in [0.4, 0.5) is 8.78 Å². The first-order chi connectivity index (χ1) is 4.66. The summed E-state index contributed by atoms with van der Waals surface area (Å²) in [6, 6.07) is 0.211. The summed E-state index contributed by atoms with van der Waals surface area (Å²) in [5.74, 6) is -2.38. The van der Waals surface area contributed by atoms with E-state index in [1.54, 1.807) is 0 Å². The summed E-state index contributed by atoms with van der Waals surface area (Å²) in [6.07, 6.45) is 2.01. The van der Waals surface area contributed by atoms with Crippen LogP contribution in [0, 0.1) is 0 Å². The Morgan fingerprint density at radius 2 is 1.55 bits per heavy atom. The first-order valence-corrected chi connectivity index (χ1v) is 3.80. The lowest BCUT2D eigenvalue weighted by molar-refractivity contribution is -0.0433. The van der Waals surface area contributed by atoms with Crippen LogP contribution < -0.4 is 5.32 Å². The van der Waals surface area contributed by atoms with Crippen molar-refractivity contribution in [2.75, 3.05) is 0 Å². The molecule has 0 aliphatic carbocycles. The third-order valence-corrected chi connectivity index (χ3v) is 2.43. The molecule has 0 unspecified atom stereocenters. The summed E-state index contributed by atoms with van der Waals surface area (Å²) in [5, 5.41) is 3.17. The highest BCUT2D eigenvalue weighted by atomic mass is 35.5. The maximum Gasteiger partial charge on any atom is 0.251 e. The van der Waals surface area contributed by atoms with Gasteiger partial charge in [-0.25, -0.2) is 8.78 Å². The molecule has 2 atom stereocenters. The van der Waals surface area contributed by atoms with Gasteiger partial charge < -0.3 is 5.32 Å². The molecule has 0 saturated carbocycles. The van der Waals surface area contributed by atoms with Gasteiger partial charge in [0.05, 0.1) is 0 Å². The van der Waals surface area contributed by atoms with Crippen LogP contribution in [0.25, 0.3) is 0 Å². The second kappa shape index (κ2) is 2.87. The van der Waals surface area contributed by atoms with Gasteiger partial charge >= 0.3 is 0 Å². The Morgan fingerprint density at radius 3 is 2.00 bits per heavy atom. The molecule has 0 spiro atoms. The molecule has 2 aliphatic heterocycles. The van der Waals surface area contributed by atoms with E-state index in [9.17, 15) is 8.78 Å². The van der Waals surface area contributed by atoms with Crippen LogP contribution in [0.5, 0.6) is 0 Å². The van der Waals surface area contributed by atoms with Gasteiger partial charge in [0, 0.05) is 24.9 Å². The van der Waals surface area contributed by atoms with Crippen molar-refractivity contribution in [3.05, 3.63) is 0 Å². The predicted octanol–water partition coefficient (Wildman–Crippen LogP) is 1.96. The molecule has 11 heavy (non-hydrogen) atoms. The molecular weight excluding hydrogens is 172 g/mol. The number of nitrogens with one attached hydrogen (secondary N) is 1. The van der Waals surface area contributed by atoms with Gasteiger partial charge in [0.15, 0.2) is 0 Å². The lowest BCUT2D eigenvalue weighted by Crippen LogP contribution is -2.43. The molecule has 1 nitrogen and oxygen atoms in total. The second-order valence-electron chi connectivity index (χ2n) is 3.40. The topological polar surface area (TPSA) is 12.0 Å². The zero-order chi connectivity index (χ0) is 7.19. The molecule has 2 saturated heterocycles. The third kappa shape index (κ3) is 1.82. The quantitative estimate of drug-likeness (QED) is 0.606. The molecule has 0 aromatic carbocycles. The molecule has 4 heteroatoms. The minimum absolute atomic E-state index is 0. The molecule has 2 aliphatic rings. The van der Waals surface area contributed by atoms with E-state index in [0.717, 1.165) is 12.8 Å². The highest BCUT2D eigenvalue weighted by molar-refractivity contribution is 5.85. The first kappa shape index (κ1) is 9.20. The van der Waals surface area contributed by atoms with Crippen molar-refractivity contribution in [1.82, 2.24) is 5.32 Å². The number of piperidine rings is 1. The molecule has 1 N–H and O–H groups in total. The molecule has 2 heterocycles. The number of hydrogen-bond donors (Lipinski definition) is 1. The zero-order valence-electron chi connectivity index (χ0n) is 6.15. The number of hydrogen-bond acceptors (Lipinski definition) is 1. The Hall–Kier alpha value is 0.110. The zero-order valence-corrected chi connectivity index (χ0v) is 6.96. The number of rotatable bonds is 0. The van der Waals surface area contributed by atoms with Gasteiger partial charge in [0.2, 0.25) is 0 Å². The molecule has 2 bridgehead atoms. The third-order valence-electron chi connectivity index (χ3n) is 2.43. The van der Waals surface area contributed by atoms with Gasteiger partial charge in [-0.05, 0) is 12.8 Å². The molecule has 2 fully saturated rings. The minimum atomic E-state index is -2.38. The molecular formula is C7H12ClF2N. The molecule has 0 amide bonds. The van der Waals surface area contributed by atoms with E-state index in [1.807, 2.05) is 0 Å². The van der Waals surface area contributed by atoms with Crippen LogP contribution >= 0.6 is 12.4 Å². The van der Waals surface area contributed by atoms with E-state index in [1.165, 1.54) is 0 Å². The van der Waals surface area contributed by atoms with Crippen LogP contribution in [-0.2, 0) is 0 Å². The minimum Gasteiger partial charge on any atom is -0.311 e. The predicted molar refractivity (Wildman–Crippen MR) is 41.4 cm³/mol. The van der Waals surface area contributed by atoms with Crippen molar-refractivity contribution in [2.24, 2.45) is 0 Å². The van der Waals surface area contributed by atoms with E-state index in [2.05, 4.69) is 5.32 Å². The van der Waals surface area contributed by atoms with Crippen molar-refractivity contribution in [2.45, 2.75) is 43.7 Å². The number of fused-ring (bicyclic) bond motifs is 2. The Balaban J connectivity index is 0.000000605. The van der Waals surface area contributed by atoms with Crippen molar-refractivity contribution < 1.29 is 8.78 Å². The van der Waals surface area contributed by atoms with Crippen LogP contribution in [0.2, 0.25) is 0 Å². The first-order valence-electron chi connectivity index (χ1n) is 3.80. The van der Waals surface area contributed by atoms with E-state index in [4.69, 9.17) is 0 Å². The lowest BCUT2D eigenvalue weighted by atomic mass is 10.0. The van der Waals surface area contributed by atoms with E-state index in [0.29, 0.717) is 0 Å². The Kier molecular flexibility index (Phi) is 2.40. The fourth-order valence-corrected chi connectivity index (χ4v) is 2.03. The average molecular weight is 184 g/mol. The van der Waals surface area contributed by atoms with Gasteiger partial charge in [-0.1, -0.05) is 0 Å². The summed E-state index contributed by atoms with van der Waals surface area (Å²) in [7, 11) is 0. The monoisotopic (exact) mass is 183 g/mol. The van der Waals surface area contributed by atoms with E-state index >= 15 is 0 Å². The Morgan fingerprint density at radius 1 is 1.09 bits per heavy atom. The molecule has 0 radical (unpaired) electrons. The smallest absolute Gasteiger partial charge is 0.251 e. The van der Waals surface area contributed by atoms with Gasteiger partial charge in [-0.3, -0.25) is 0 Å². The molecule has 66 valence electrons. The Bertz CT molecular complexity index is 137. The number of halogens is 3. The Labute approximate surface area is 71.0 Å². The van der Waals surface area contributed by atoms with Gasteiger partial charge in [0.1, 0.15) is 0 Å². The van der Waals surface area contributed by atoms with Crippen molar-refractivity contribution in [3.63, 3.8) is 0 Å². The highest BCUT2D eigenvalue weighted by Gasteiger charge is 2.44. The van der Waals surface area contributed by atoms with Crippen LogP contribution in [-0.4, -0.2) is 18.0 Å². The summed E-state index contributed by atoms with van der Waals surface area (Å²) in [5.41, 5.74) is 0. The van der Waals surface area contributed by atoms with Crippen LogP contribution in [0.1, 0.15) is 25.7 Å². The summed E-state index contributed by atoms with van der Waals surface area (Å²) in [6.45, 7) is 0. The summed E-state index contributed by atoms with van der Waals surface area (Å²) in [4.78, 5) is 0. The van der Waals surface area contributed by atoms with Gasteiger partial charge in [-0.15, -0.1) is 12.4 Å². The van der Waals surface area contributed by atoms with Gasteiger partial charge in [0.25, 0.3) is 5.92 Å². The molecule has 2 rings (SSSR count). The fraction of sp³-hybridized carbons (Fsp3) is 1.00. The maximum atomic E-state index is 12.7. The van der Waals surface area contributed by atoms with Crippen molar-refractivity contribution in [3.8, 4) is 0 Å². The average Bonchev–Trinajstić information content (AvgIpc) is 2.08. The molecule has 0 aromatic rings. The van der Waals surface area contributed by atoms with Gasteiger partial charge in [-0.2, -0.15) is 0 Å². The van der Waals surface area contributed by atoms with E-state index in [-0.39, 0.29) is 37.3 Å². The van der Waals surface area contributed by atoms with Crippen LogP contribution in [0.15, 0.2) is 0 Å². The molecule has 0 aromatic heterocycles. The summed E-state index contributed by atoms with van der Waals surface area (Å²) < 4.78 is 25.4. The summed E-state index contributed by atoms with van der Waals surface area (Å²) >= 11 is 0. The lowest BCUT2D eigenvalue weighted by Gasteiger charge is -2.28. The largest absolute Gasteiger partial charge is 0.311 e. The van der Waals surface area contributed by atoms with Crippen LogP contribution in [0.3, 0.4) is 0 Å². The second-order valence-corrected chi connectivity index (χ2v) is 3.40. The van der Waals surface area contributed by atoms with E-state index < -0.39 is 5.92 Å². The normalized spacial score (nSPS) is 39.8. The fourth-order valence-electron chi connectivity index (χ4n) is 2.03. The highest BCUT2D eigenvalue weighted by Crippen LogP contribution is 2.37. The maximum absolute atomic E-state index is 12.7. The SMILES string of the molecule is Cl.FC1(F)C[C@@H]2CC[C@@H](C1)N2. The van der Waals surface area contributed by atoms with Crippen molar-refractivity contribution >= 4 is 12.4 Å². The number of alkyl halides is 2.